The topological polar surface area (TPSA) is 46.5 Å². The van der Waals surface area contributed by atoms with E-state index in [2.05, 4.69) is 13.8 Å². The van der Waals surface area contributed by atoms with Gasteiger partial charge in [0.25, 0.3) is 0 Å². The van der Waals surface area contributed by atoms with E-state index in [1.165, 1.54) is 39.2 Å². The van der Waals surface area contributed by atoms with Crippen LogP contribution in [-0.4, -0.2) is 23.8 Å². The number of fused-ring (bicyclic) bond motifs is 3. The van der Waals surface area contributed by atoms with Crippen molar-refractivity contribution < 1.29 is 14.6 Å². The van der Waals surface area contributed by atoms with Crippen LogP contribution in [0.4, 0.5) is 0 Å². The van der Waals surface area contributed by atoms with Crippen LogP contribution >= 0.6 is 0 Å². The average Bonchev–Trinajstić information content (AvgIpc) is 2.76. The predicted molar refractivity (Wildman–Crippen MR) is 88.7 cm³/mol. The Morgan fingerprint density at radius 1 is 1.04 bits per heavy atom. The summed E-state index contributed by atoms with van der Waals surface area (Å²) in [5.41, 5.74) is 0.113. The monoisotopic (exact) mass is 320 g/mol. The number of esters is 1. The third-order valence-corrected chi connectivity index (χ3v) is 8.61. The maximum Gasteiger partial charge on any atom is 0.308 e. The molecule has 7 atom stereocenters. The molecule has 0 radical (unpaired) electrons. The molecule has 4 aliphatic carbocycles. The number of methoxy groups -OCH3 is 1. The van der Waals surface area contributed by atoms with E-state index in [0.29, 0.717) is 23.2 Å². The summed E-state index contributed by atoms with van der Waals surface area (Å²) in [4.78, 5) is 12.2. The van der Waals surface area contributed by atoms with Gasteiger partial charge in [-0.15, -0.1) is 0 Å². The Labute approximate surface area is 140 Å². The molecule has 4 fully saturated rings. The van der Waals surface area contributed by atoms with Gasteiger partial charge >= 0.3 is 5.97 Å². The van der Waals surface area contributed by atoms with Crippen LogP contribution in [-0.2, 0) is 9.53 Å². The summed E-state index contributed by atoms with van der Waals surface area (Å²) in [5.74, 6) is 1.83. The molecular formula is C20H32O3. The number of ether oxygens (including phenoxy) is 1. The van der Waals surface area contributed by atoms with Gasteiger partial charge in [-0.05, 0) is 86.9 Å². The van der Waals surface area contributed by atoms with Gasteiger partial charge in [0.2, 0.25) is 0 Å². The molecule has 2 bridgehead atoms. The highest BCUT2D eigenvalue weighted by Crippen LogP contribution is 2.71. The quantitative estimate of drug-likeness (QED) is 0.745. The summed E-state index contributed by atoms with van der Waals surface area (Å²) >= 11 is 0. The van der Waals surface area contributed by atoms with Crippen LogP contribution in [0.3, 0.4) is 0 Å². The zero-order valence-electron chi connectivity index (χ0n) is 14.9. The Morgan fingerprint density at radius 2 is 1.83 bits per heavy atom. The zero-order chi connectivity index (χ0) is 16.5. The summed E-state index contributed by atoms with van der Waals surface area (Å²) in [6.07, 6.45) is 10.4. The fourth-order valence-electron chi connectivity index (χ4n) is 7.84. The maximum absolute atomic E-state index is 12.2. The number of hydrogen-bond acceptors (Lipinski definition) is 3. The van der Waals surface area contributed by atoms with Gasteiger partial charge in [0, 0.05) is 0 Å². The highest BCUT2D eigenvalue weighted by molar-refractivity contribution is 5.73. The Kier molecular flexibility index (Phi) is 3.44. The van der Waals surface area contributed by atoms with E-state index in [9.17, 15) is 9.90 Å². The molecule has 4 aliphatic rings. The molecule has 0 amide bonds. The maximum atomic E-state index is 12.2. The zero-order valence-corrected chi connectivity index (χ0v) is 14.9. The molecule has 7 unspecified atom stereocenters. The fourth-order valence-corrected chi connectivity index (χ4v) is 7.84. The SMILES string of the molecule is COC(=O)C1CC23CCC4C(C)(O)CCCC4(C)C2CCC1C3. The van der Waals surface area contributed by atoms with Gasteiger partial charge in [0.05, 0.1) is 18.6 Å². The molecule has 130 valence electrons. The molecule has 1 N–H and O–H groups in total. The fraction of sp³-hybridized carbons (Fsp3) is 0.950. The number of rotatable bonds is 1. The lowest BCUT2D eigenvalue weighted by Gasteiger charge is -2.63. The Hall–Kier alpha value is -0.570. The third-order valence-electron chi connectivity index (χ3n) is 8.61. The summed E-state index contributed by atoms with van der Waals surface area (Å²) < 4.78 is 5.10. The Morgan fingerprint density at radius 3 is 2.57 bits per heavy atom. The van der Waals surface area contributed by atoms with Crippen LogP contribution < -0.4 is 0 Å². The van der Waals surface area contributed by atoms with E-state index in [-0.39, 0.29) is 17.3 Å². The first kappa shape index (κ1) is 15.9. The highest BCUT2D eigenvalue weighted by atomic mass is 16.5. The van der Waals surface area contributed by atoms with E-state index in [4.69, 9.17) is 4.74 Å². The normalized spacial score (nSPS) is 55.0. The molecule has 23 heavy (non-hydrogen) atoms. The minimum absolute atomic E-state index is 0.0236. The van der Waals surface area contributed by atoms with Crippen LogP contribution in [0.1, 0.15) is 71.6 Å². The molecule has 1 spiro atoms. The lowest BCUT2D eigenvalue weighted by atomic mass is 9.43. The summed E-state index contributed by atoms with van der Waals surface area (Å²) in [5, 5.41) is 11.0. The van der Waals surface area contributed by atoms with Gasteiger partial charge < -0.3 is 9.84 Å². The first-order valence-electron chi connectivity index (χ1n) is 9.63. The van der Waals surface area contributed by atoms with Gasteiger partial charge in [0.1, 0.15) is 0 Å². The van der Waals surface area contributed by atoms with Crippen molar-refractivity contribution in [3.8, 4) is 0 Å². The minimum Gasteiger partial charge on any atom is -0.469 e. The van der Waals surface area contributed by atoms with Gasteiger partial charge in [-0.2, -0.15) is 0 Å². The minimum atomic E-state index is -0.494. The first-order valence-corrected chi connectivity index (χ1v) is 9.63. The van der Waals surface area contributed by atoms with Crippen molar-refractivity contribution in [1.29, 1.82) is 0 Å². The third kappa shape index (κ3) is 2.08. The van der Waals surface area contributed by atoms with Crippen molar-refractivity contribution in [2.24, 2.45) is 34.5 Å². The van der Waals surface area contributed by atoms with Crippen molar-refractivity contribution in [2.45, 2.75) is 77.2 Å². The molecule has 0 heterocycles. The largest absolute Gasteiger partial charge is 0.469 e. The van der Waals surface area contributed by atoms with E-state index in [1.807, 2.05) is 0 Å². The molecule has 0 aromatic carbocycles. The lowest BCUT2D eigenvalue weighted by Crippen LogP contribution is -2.58. The van der Waals surface area contributed by atoms with E-state index in [0.717, 1.165) is 25.7 Å². The number of carbonyl (C=O) groups excluding carboxylic acids is 1. The van der Waals surface area contributed by atoms with Crippen molar-refractivity contribution >= 4 is 5.97 Å². The second-order valence-corrected chi connectivity index (χ2v) is 9.60. The molecule has 4 saturated carbocycles. The van der Waals surface area contributed by atoms with Gasteiger partial charge in [-0.1, -0.05) is 13.3 Å². The summed E-state index contributed by atoms with van der Waals surface area (Å²) in [6.45, 7) is 4.53. The van der Waals surface area contributed by atoms with Crippen LogP contribution in [0.25, 0.3) is 0 Å². The number of hydrogen-bond donors (Lipinski definition) is 1. The van der Waals surface area contributed by atoms with E-state index >= 15 is 0 Å². The molecular weight excluding hydrogens is 288 g/mol. The van der Waals surface area contributed by atoms with Gasteiger partial charge in [0.15, 0.2) is 0 Å². The molecule has 4 rings (SSSR count). The van der Waals surface area contributed by atoms with Crippen molar-refractivity contribution in [1.82, 2.24) is 0 Å². The predicted octanol–water partition coefficient (Wildman–Crippen LogP) is 3.93. The van der Waals surface area contributed by atoms with Crippen LogP contribution in [0.15, 0.2) is 0 Å². The standard InChI is InChI=1S/C20H32O3/c1-18-8-4-9-19(2,22)15(18)7-10-20-11-13(5-6-16(18)20)14(12-20)17(21)23-3/h13-16,22H,4-12H2,1-3H3. The molecule has 0 aromatic rings. The molecule has 3 nitrogen and oxygen atoms in total. The summed E-state index contributed by atoms with van der Waals surface area (Å²) in [7, 11) is 1.54. The highest BCUT2D eigenvalue weighted by Gasteiger charge is 2.65. The van der Waals surface area contributed by atoms with Gasteiger partial charge in [-0.3, -0.25) is 4.79 Å². The van der Waals surface area contributed by atoms with Crippen LogP contribution in [0.2, 0.25) is 0 Å². The average molecular weight is 320 g/mol. The number of carbonyl (C=O) groups is 1. The number of aliphatic hydroxyl groups is 1. The second-order valence-electron chi connectivity index (χ2n) is 9.60. The van der Waals surface area contributed by atoms with Crippen molar-refractivity contribution in [3.63, 3.8) is 0 Å². The Bertz CT molecular complexity index is 513. The van der Waals surface area contributed by atoms with Crippen molar-refractivity contribution in [2.75, 3.05) is 7.11 Å². The van der Waals surface area contributed by atoms with E-state index in [1.54, 1.807) is 0 Å². The molecule has 3 heteroatoms. The second kappa shape index (κ2) is 4.97. The van der Waals surface area contributed by atoms with Crippen molar-refractivity contribution in [3.05, 3.63) is 0 Å². The lowest BCUT2D eigenvalue weighted by molar-refractivity contribution is -0.180. The van der Waals surface area contributed by atoms with Gasteiger partial charge in [-0.25, -0.2) is 0 Å². The Balaban J connectivity index is 1.67. The first-order chi connectivity index (χ1) is 10.8. The summed E-state index contributed by atoms with van der Waals surface area (Å²) in [6, 6.07) is 0. The van der Waals surface area contributed by atoms with E-state index < -0.39 is 5.60 Å². The van der Waals surface area contributed by atoms with Crippen LogP contribution in [0.5, 0.6) is 0 Å². The molecule has 0 saturated heterocycles. The smallest absolute Gasteiger partial charge is 0.308 e. The molecule has 0 aliphatic heterocycles. The molecule has 0 aromatic heterocycles. The van der Waals surface area contributed by atoms with Crippen LogP contribution in [0, 0.1) is 34.5 Å².